The Labute approximate surface area is 153 Å². The molecule has 1 aliphatic rings. The molecule has 1 aliphatic heterocycles. The molecule has 1 fully saturated rings. The summed E-state index contributed by atoms with van der Waals surface area (Å²) in [6, 6.07) is 15.2. The Morgan fingerprint density at radius 2 is 1.81 bits per heavy atom. The molecule has 1 unspecified atom stereocenters. The van der Waals surface area contributed by atoms with Gasteiger partial charge in [-0.3, -0.25) is 0 Å². The average Bonchev–Trinajstić information content (AvgIpc) is 2.63. The lowest BCUT2D eigenvalue weighted by Gasteiger charge is -2.32. The highest BCUT2D eigenvalue weighted by Gasteiger charge is 2.28. The Hall–Kier alpha value is -2.54. The van der Waals surface area contributed by atoms with Crippen molar-refractivity contribution >= 4 is 16.1 Å². The molecule has 2 aromatic carbocycles. The molecule has 0 radical (unpaired) electrons. The molecular formula is C19H22N2O4S. The Bertz CT molecular complexity index is 851. The van der Waals surface area contributed by atoms with E-state index in [0.29, 0.717) is 13.1 Å². The first-order valence-corrected chi connectivity index (χ1v) is 10.0. The van der Waals surface area contributed by atoms with E-state index in [1.54, 1.807) is 12.1 Å². The Kier molecular flexibility index (Phi) is 5.46. The van der Waals surface area contributed by atoms with Crippen molar-refractivity contribution in [1.82, 2.24) is 9.62 Å². The number of aryl methyl sites for hydroxylation is 1. The summed E-state index contributed by atoms with van der Waals surface area (Å²) in [6.45, 7) is 2.73. The third-order valence-electron chi connectivity index (χ3n) is 4.26. The van der Waals surface area contributed by atoms with E-state index in [-0.39, 0.29) is 11.0 Å². The molecule has 3 rings (SSSR count). The number of carbonyl (C=O) groups excluding carboxylic acids is 1. The Morgan fingerprint density at radius 1 is 1.12 bits per heavy atom. The molecule has 0 bridgehead atoms. The van der Waals surface area contributed by atoms with Crippen LogP contribution in [-0.4, -0.2) is 38.5 Å². The number of likely N-dealkylation sites (tertiary alicyclic amines) is 1. The number of para-hydroxylation sites is 1. The second-order valence-corrected chi connectivity index (χ2v) is 8.05. The molecule has 0 saturated carbocycles. The van der Waals surface area contributed by atoms with Crippen molar-refractivity contribution < 1.29 is 17.9 Å². The summed E-state index contributed by atoms with van der Waals surface area (Å²) in [5.74, 6) is 0.743. The molecule has 1 N–H and O–H groups in total. The monoisotopic (exact) mass is 374 g/mol. The van der Waals surface area contributed by atoms with Crippen LogP contribution >= 0.6 is 0 Å². The average molecular weight is 374 g/mol. The minimum atomic E-state index is -3.88. The van der Waals surface area contributed by atoms with E-state index >= 15 is 0 Å². The predicted molar refractivity (Wildman–Crippen MR) is 98.6 cm³/mol. The topological polar surface area (TPSA) is 75.7 Å². The van der Waals surface area contributed by atoms with Crippen LogP contribution in [0, 0.1) is 6.92 Å². The molecule has 138 valence electrons. The molecule has 0 aromatic heterocycles. The number of hydrogen-bond acceptors (Lipinski definition) is 4. The van der Waals surface area contributed by atoms with Crippen molar-refractivity contribution in [3.63, 3.8) is 0 Å². The van der Waals surface area contributed by atoms with Gasteiger partial charge in [0.25, 0.3) is 10.0 Å². The zero-order valence-electron chi connectivity index (χ0n) is 14.6. The van der Waals surface area contributed by atoms with Gasteiger partial charge in [-0.05, 0) is 44.0 Å². The number of carbonyl (C=O) groups is 1. The number of ether oxygens (including phenoxy) is 1. The van der Waals surface area contributed by atoms with Crippen LogP contribution in [0.3, 0.4) is 0 Å². The molecule has 1 saturated heterocycles. The Morgan fingerprint density at radius 3 is 2.50 bits per heavy atom. The lowest BCUT2D eigenvalue weighted by atomic mass is 10.1. The molecule has 1 heterocycles. The summed E-state index contributed by atoms with van der Waals surface area (Å²) in [5.41, 5.74) is 0.951. The van der Waals surface area contributed by atoms with E-state index in [4.69, 9.17) is 4.74 Å². The summed E-state index contributed by atoms with van der Waals surface area (Å²) in [4.78, 5) is 14.0. The molecule has 26 heavy (non-hydrogen) atoms. The third kappa shape index (κ3) is 4.54. The van der Waals surface area contributed by atoms with Crippen LogP contribution in [0.4, 0.5) is 4.79 Å². The first-order chi connectivity index (χ1) is 12.4. The number of piperidine rings is 1. The van der Waals surface area contributed by atoms with Crippen LogP contribution in [0.15, 0.2) is 59.5 Å². The van der Waals surface area contributed by atoms with Gasteiger partial charge in [-0.15, -0.1) is 0 Å². The van der Waals surface area contributed by atoms with Gasteiger partial charge in [-0.25, -0.2) is 17.9 Å². The van der Waals surface area contributed by atoms with Crippen molar-refractivity contribution in [3.05, 3.63) is 60.2 Å². The van der Waals surface area contributed by atoms with Gasteiger partial charge in [-0.1, -0.05) is 35.9 Å². The van der Waals surface area contributed by atoms with E-state index in [1.807, 2.05) is 37.3 Å². The highest BCUT2D eigenvalue weighted by molar-refractivity contribution is 7.90. The number of sulfonamides is 1. The summed E-state index contributed by atoms with van der Waals surface area (Å²) >= 11 is 0. The van der Waals surface area contributed by atoms with E-state index in [9.17, 15) is 13.2 Å². The molecular weight excluding hydrogens is 352 g/mol. The molecule has 1 atom stereocenters. The highest BCUT2D eigenvalue weighted by Crippen LogP contribution is 2.19. The van der Waals surface area contributed by atoms with Crippen molar-refractivity contribution in [2.24, 2.45) is 0 Å². The maximum absolute atomic E-state index is 12.4. The number of hydrogen-bond donors (Lipinski definition) is 1. The largest absolute Gasteiger partial charge is 0.489 e. The number of nitrogens with one attached hydrogen (secondary N) is 1. The van der Waals surface area contributed by atoms with Crippen LogP contribution in [0.25, 0.3) is 0 Å². The minimum absolute atomic E-state index is 0.0746. The number of benzene rings is 2. The number of amides is 2. The van der Waals surface area contributed by atoms with E-state index < -0.39 is 16.1 Å². The van der Waals surface area contributed by atoms with Crippen molar-refractivity contribution in [2.45, 2.75) is 30.8 Å². The zero-order chi connectivity index (χ0) is 18.6. The molecule has 6 nitrogen and oxygen atoms in total. The van der Waals surface area contributed by atoms with E-state index in [0.717, 1.165) is 24.2 Å². The molecule has 2 amide bonds. The van der Waals surface area contributed by atoms with Crippen molar-refractivity contribution in [3.8, 4) is 5.75 Å². The van der Waals surface area contributed by atoms with Crippen LogP contribution in [0.5, 0.6) is 5.75 Å². The fourth-order valence-electron chi connectivity index (χ4n) is 2.87. The maximum atomic E-state index is 12.4. The highest BCUT2D eigenvalue weighted by atomic mass is 32.2. The van der Waals surface area contributed by atoms with Crippen LogP contribution in [0.1, 0.15) is 18.4 Å². The summed E-state index contributed by atoms with van der Waals surface area (Å²) in [7, 11) is -3.88. The van der Waals surface area contributed by atoms with Gasteiger partial charge >= 0.3 is 6.03 Å². The fourth-order valence-corrected chi connectivity index (χ4v) is 3.84. The smallest absolute Gasteiger partial charge is 0.331 e. The van der Waals surface area contributed by atoms with Gasteiger partial charge < -0.3 is 9.64 Å². The summed E-state index contributed by atoms with van der Waals surface area (Å²) < 4.78 is 32.8. The lowest BCUT2D eigenvalue weighted by molar-refractivity contribution is 0.103. The minimum Gasteiger partial charge on any atom is -0.489 e. The zero-order valence-corrected chi connectivity index (χ0v) is 15.4. The van der Waals surface area contributed by atoms with E-state index in [1.165, 1.54) is 17.0 Å². The van der Waals surface area contributed by atoms with Gasteiger partial charge in [-0.2, -0.15) is 0 Å². The quantitative estimate of drug-likeness (QED) is 0.893. The Balaban J connectivity index is 1.63. The predicted octanol–water partition coefficient (Wildman–Crippen LogP) is 2.94. The number of rotatable bonds is 4. The van der Waals surface area contributed by atoms with Gasteiger partial charge in [0, 0.05) is 6.54 Å². The SMILES string of the molecule is Cc1ccc(S(=O)(=O)NC(=O)N2CCCC(Oc3ccccc3)C2)cc1. The number of urea groups is 1. The molecule has 7 heteroatoms. The maximum Gasteiger partial charge on any atom is 0.331 e. The van der Waals surface area contributed by atoms with E-state index in [2.05, 4.69) is 4.72 Å². The van der Waals surface area contributed by atoms with Crippen LogP contribution < -0.4 is 9.46 Å². The first-order valence-electron chi connectivity index (χ1n) is 8.54. The fraction of sp³-hybridized carbons (Fsp3) is 0.316. The van der Waals surface area contributed by atoms with Crippen LogP contribution in [0.2, 0.25) is 0 Å². The summed E-state index contributed by atoms with van der Waals surface area (Å²) in [6.07, 6.45) is 1.43. The lowest BCUT2D eigenvalue weighted by Crippen LogP contribution is -2.49. The normalized spacial score (nSPS) is 17.6. The first kappa shape index (κ1) is 18.3. The van der Waals surface area contributed by atoms with Gasteiger partial charge in [0.2, 0.25) is 0 Å². The number of nitrogens with zero attached hydrogens (tertiary/aromatic N) is 1. The van der Waals surface area contributed by atoms with Gasteiger partial charge in [0.05, 0.1) is 11.4 Å². The second kappa shape index (κ2) is 7.78. The van der Waals surface area contributed by atoms with Crippen LogP contribution in [-0.2, 0) is 10.0 Å². The van der Waals surface area contributed by atoms with Crippen molar-refractivity contribution in [2.75, 3.05) is 13.1 Å². The van der Waals surface area contributed by atoms with Crippen molar-refractivity contribution in [1.29, 1.82) is 0 Å². The summed E-state index contributed by atoms with van der Waals surface area (Å²) in [5, 5.41) is 0. The van der Waals surface area contributed by atoms with Gasteiger partial charge in [0.15, 0.2) is 0 Å². The second-order valence-electron chi connectivity index (χ2n) is 6.36. The van der Waals surface area contributed by atoms with Gasteiger partial charge in [0.1, 0.15) is 11.9 Å². The molecule has 0 spiro atoms. The molecule has 0 aliphatic carbocycles. The standard InChI is InChI=1S/C19H22N2O4S/c1-15-9-11-18(12-10-15)26(23,24)20-19(22)21-13-5-8-17(14-21)25-16-6-3-2-4-7-16/h2-4,6-7,9-12,17H,5,8,13-14H2,1H3,(H,20,22). The molecule has 2 aromatic rings. The third-order valence-corrected chi connectivity index (χ3v) is 5.60.